The first kappa shape index (κ1) is 18.9. The summed E-state index contributed by atoms with van der Waals surface area (Å²) in [4.78, 5) is 20.0. The molecule has 0 bridgehead atoms. The number of nitrogens with zero attached hydrogens (tertiary/aromatic N) is 3. The molecule has 1 unspecified atom stereocenters. The van der Waals surface area contributed by atoms with Gasteiger partial charge >= 0.3 is 0 Å². The van der Waals surface area contributed by atoms with Crippen LogP contribution in [0.4, 0.5) is 10.1 Å². The molecule has 0 saturated carbocycles. The number of halogens is 1. The third kappa shape index (κ3) is 3.64. The maximum atomic E-state index is 13.8. The van der Waals surface area contributed by atoms with Gasteiger partial charge in [-0.15, -0.1) is 0 Å². The number of rotatable bonds is 4. The molecule has 3 aliphatic rings. The Hall–Kier alpha value is -1.46. The fourth-order valence-corrected chi connectivity index (χ4v) is 5.26. The molecule has 3 aliphatic heterocycles. The lowest BCUT2D eigenvalue weighted by Crippen LogP contribution is -2.52. The van der Waals surface area contributed by atoms with Crippen LogP contribution < -0.4 is 4.90 Å². The summed E-state index contributed by atoms with van der Waals surface area (Å²) in [7, 11) is 0. The first-order chi connectivity index (χ1) is 13.1. The van der Waals surface area contributed by atoms with E-state index in [1.165, 1.54) is 45.0 Å². The largest absolute Gasteiger partial charge is 0.308 e. The predicted molar refractivity (Wildman–Crippen MR) is 107 cm³/mol. The molecule has 5 heteroatoms. The summed E-state index contributed by atoms with van der Waals surface area (Å²) in [5.41, 5.74) is 1.78. The van der Waals surface area contributed by atoms with E-state index in [-0.39, 0.29) is 23.7 Å². The average molecular weight is 374 g/mol. The Morgan fingerprint density at radius 1 is 1.04 bits per heavy atom. The molecule has 2 fully saturated rings. The van der Waals surface area contributed by atoms with E-state index in [2.05, 4.69) is 16.7 Å². The van der Waals surface area contributed by atoms with E-state index in [1.54, 1.807) is 12.1 Å². The van der Waals surface area contributed by atoms with E-state index >= 15 is 0 Å². The second-order valence-electron chi connectivity index (χ2n) is 8.47. The normalized spacial score (nSPS) is 26.0. The van der Waals surface area contributed by atoms with Crippen molar-refractivity contribution < 1.29 is 9.18 Å². The Balaban J connectivity index is 1.38. The molecule has 0 spiro atoms. The quantitative estimate of drug-likeness (QED) is 0.807. The Kier molecular flexibility index (Phi) is 5.51. The van der Waals surface area contributed by atoms with Gasteiger partial charge in [-0.1, -0.05) is 13.0 Å². The van der Waals surface area contributed by atoms with Crippen molar-refractivity contribution in [2.45, 2.75) is 64.0 Å². The van der Waals surface area contributed by atoms with E-state index < -0.39 is 0 Å². The summed E-state index contributed by atoms with van der Waals surface area (Å²) < 4.78 is 13.8. The van der Waals surface area contributed by atoms with Crippen LogP contribution in [0, 0.1) is 5.82 Å². The molecule has 2 saturated heterocycles. The Morgan fingerprint density at radius 2 is 1.70 bits per heavy atom. The van der Waals surface area contributed by atoms with Gasteiger partial charge < -0.3 is 14.7 Å². The smallest absolute Gasteiger partial charge is 0.234 e. The lowest BCUT2D eigenvalue weighted by atomic mass is 9.97. The zero-order valence-electron chi connectivity index (χ0n) is 16.7. The summed E-state index contributed by atoms with van der Waals surface area (Å²) >= 11 is 0. The number of benzene rings is 1. The topological polar surface area (TPSA) is 26.8 Å². The summed E-state index contributed by atoms with van der Waals surface area (Å²) in [6.07, 6.45) is 5.74. The van der Waals surface area contributed by atoms with Gasteiger partial charge in [0.1, 0.15) is 5.82 Å². The molecule has 0 N–H and O–H groups in total. The summed E-state index contributed by atoms with van der Waals surface area (Å²) in [5.74, 6) is -0.264. The highest BCUT2D eigenvalue weighted by atomic mass is 19.1. The molecule has 1 aromatic carbocycles. The van der Waals surface area contributed by atoms with Crippen LogP contribution in [0.5, 0.6) is 0 Å². The van der Waals surface area contributed by atoms with Crippen LogP contribution in [0.2, 0.25) is 0 Å². The van der Waals surface area contributed by atoms with Gasteiger partial charge in [0.25, 0.3) is 0 Å². The van der Waals surface area contributed by atoms with Gasteiger partial charge in [0.15, 0.2) is 0 Å². The van der Waals surface area contributed by atoms with Crippen molar-refractivity contribution in [1.29, 1.82) is 0 Å². The van der Waals surface area contributed by atoms with Crippen molar-refractivity contribution in [3.8, 4) is 0 Å². The van der Waals surface area contributed by atoms with Crippen LogP contribution >= 0.6 is 0 Å². The highest BCUT2D eigenvalue weighted by Gasteiger charge is 2.40. The zero-order chi connectivity index (χ0) is 19.0. The number of likely N-dealkylation sites (tertiary alicyclic amines) is 2. The molecule has 4 nitrogen and oxygen atoms in total. The van der Waals surface area contributed by atoms with Crippen molar-refractivity contribution in [3.05, 3.63) is 29.6 Å². The average Bonchev–Trinajstić information content (AvgIpc) is 2.93. The molecule has 1 atom stereocenters. The highest BCUT2D eigenvalue weighted by Crippen LogP contribution is 2.40. The van der Waals surface area contributed by atoms with Crippen LogP contribution in [0.25, 0.3) is 0 Å². The van der Waals surface area contributed by atoms with Crippen LogP contribution in [0.3, 0.4) is 0 Å². The number of carbonyl (C=O) groups excluding carboxylic acids is 1. The second-order valence-corrected chi connectivity index (χ2v) is 8.47. The van der Waals surface area contributed by atoms with Gasteiger partial charge in [0.05, 0.1) is 11.6 Å². The Morgan fingerprint density at radius 3 is 2.37 bits per heavy atom. The van der Waals surface area contributed by atoms with Gasteiger partial charge in [-0.2, -0.15) is 0 Å². The van der Waals surface area contributed by atoms with Crippen LogP contribution in [0.1, 0.15) is 57.4 Å². The number of hydrogen-bond donors (Lipinski definition) is 0. The minimum absolute atomic E-state index is 0.141. The summed E-state index contributed by atoms with van der Waals surface area (Å²) in [5, 5.41) is 0. The third-order valence-corrected chi connectivity index (χ3v) is 6.80. The molecule has 0 aromatic heterocycles. The number of carbonyl (C=O) groups is 1. The van der Waals surface area contributed by atoms with E-state index in [0.29, 0.717) is 6.04 Å². The highest BCUT2D eigenvalue weighted by molar-refractivity contribution is 6.05. The maximum Gasteiger partial charge on any atom is 0.234 e. The van der Waals surface area contributed by atoms with Gasteiger partial charge in [-0.05, 0) is 76.4 Å². The van der Waals surface area contributed by atoms with Gasteiger partial charge in [0, 0.05) is 25.2 Å². The maximum absolute atomic E-state index is 13.8. The molecule has 4 rings (SSSR count). The summed E-state index contributed by atoms with van der Waals surface area (Å²) in [6, 6.07) is 5.70. The number of amides is 1. The molecule has 0 aliphatic carbocycles. The van der Waals surface area contributed by atoms with Crippen LogP contribution in [-0.2, 0) is 4.79 Å². The monoisotopic (exact) mass is 373 g/mol. The van der Waals surface area contributed by atoms with Crippen LogP contribution in [0.15, 0.2) is 18.2 Å². The SMILES string of the molecule is CCCN1CCC(N2CCC(N3C(=O)C(C)c4ccc(F)cc43)CC2)CC1. The van der Waals surface area contributed by atoms with Gasteiger partial charge in [-0.3, -0.25) is 4.79 Å². The minimum Gasteiger partial charge on any atom is -0.308 e. The molecule has 3 heterocycles. The lowest BCUT2D eigenvalue weighted by Gasteiger charge is -2.43. The molecule has 0 radical (unpaired) electrons. The molecule has 27 heavy (non-hydrogen) atoms. The number of hydrogen-bond acceptors (Lipinski definition) is 3. The Bertz CT molecular complexity index is 678. The van der Waals surface area contributed by atoms with E-state index in [9.17, 15) is 9.18 Å². The third-order valence-electron chi connectivity index (χ3n) is 6.80. The lowest BCUT2D eigenvalue weighted by molar-refractivity contribution is -0.119. The number of piperidine rings is 2. The number of anilines is 1. The molecular weight excluding hydrogens is 341 g/mol. The molecule has 148 valence electrons. The number of fused-ring (bicyclic) bond motifs is 1. The standard InChI is InChI=1S/C22H32FN3O/c1-3-10-24-11-6-18(7-12-24)25-13-8-19(9-14-25)26-21-15-17(23)4-5-20(21)16(2)22(26)27/h4-5,15-16,18-19H,3,6-14H2,1-2H3. The minimum atomic E-state index is -0.253. The van der Waals surface area contributed by atoms with Crippen LogP contribution in [-0.4, -0.2) is 60.5 Å². The predicted octanol–water partition coefficient (Wildman–Crippen LogP) is 3.61. The second kappa shape index (κ2) is 7.88. The fraction of sp³-hybridized carbons (Fsp3) is 0.682. The van der Waals surface area contributed by atoms with Crippen molar-refractivity contribution >= 4 is 11.6 Å². The first-order valence-corrected chi connectivity index (χ1v) is 10.7. The molecule has 1 aromatic rings. The van der Waals surface area contributed by atoms with Crippen molar-refractivity contribution in [1.82, 2.24) is 9.80 Å². The molecular formula is C22H32FN3O. The van der Waals surface area contributed by atoms with Crippen molar-refractivity contribution in [3.63, 3.8) is 0 Å². The molecule has 1 amide bonds. The van der Waals surface area contributed by atoms with Gasteiger partial charge in [0.2, 0.25) is 5.91 Å². The summed E-state index contributed by atoms with van der Waals surface area (Å²) in [6.45, 7) is 9.94. The van der Waals surface area contributed by atoms with Crippen molar-refractivity contribution in [2.24, 2.45) is 0 Å². The van der Waals surface area contributed by atoms with E-state index in [4.69, 9.17) is 0 Å². The fourth-order valence-electron chi connectivity index (χ4n) is 5.26. The first-order valence-electron chi connectivity index (χ1n) is 10.7. The zero-order valence-corrected chi connectivity index (χ0v) is 16.7. The van der Waals surface area contributed by atoms with E-state index in [0.717, 1.165) is 37.2 Å². The van der Waals surface area contributed by atoms with Gasteiger partial charge in [-0.25, -0.2) is 4.39 Å². The van der Waals surface area contributed by atoms with E-state index in [1.807, 2.05) is 11.8 Å². The van der Waals surface area contributed by atoms with Crippen molar-refractivity contribution in [2.75, 3.05) is 37.6 Å². The Labute approximate surface area is 162 Å².